The lowest BCUT2D eigenvalue weighted by Gasteiger charge is -2.13. The molecule has 0 aromatic carbocycles. The molecule has 1 aromatic rings. The summed E-state index contributed by atoms with van der Waals surface area (Å²) in [6.45, 7) is 4.00. The van der Waals surface area contributed by atoms with E-state index in [1.807, 2.05) is 13.8 Å². The van der Waals surface area contributed by atoms with Crippen LogP contribution in [0.2, 0.25) is 0 Å². The molecule has 2 heterocycles. The fourth-order valence-corrected chi connectivity index (χ4v) is 2.20. The highest BCUT2D eigenvalue weighted by molar-refractivity contribution is 7.90. The van der Waals surface area contributed by atoms with Crippen LogP contribution in [0.1, 0.15) is 25.5 Å². The van der Waals surface area contributed by atoms with Gasteiger partial charge in [0.15, 0.2) is 0 Å². The summed E-state index contributed by atoms with van der Waals surface area (Å²) >= 11 is 0. The Morgan fingerprint density at radius 1 is 1.40 bits per heavy atom. The third kappa shape index (κ3) is 1.72. The number of pyridine rings is 1. The molecule has 0 spiro atoms. The molecule has 0 bridgehead atoms. The summed E-state index contributed by atoms with van der Waals surface area (Å²) < 4.78 is 26.3. The van der Waals surface area contributed by atoms with Crippen LogP contribution in [-0.4, -0.2) is 19.7 Å². The highest BCUT2D eigenvalue weighted by atomic mass is 32.2. The van der Waals surface area contributed by atoms with E-state index in [1.165, 1.54) is 12.5 Å². The van der Waals surface area contributed by atoms with Crippen LogP contribution >= 0.6 is 0 Å². The van der Waals surface area contributed by atoms with Gasteiger partial charge in [0, 0.05) is 11.9 Å². The molecule has 0 fully saturated rings. The number of aromatic nitrogens is 1. The molecule has 1 aliphatic heterocycles. The Bertz CT molecular complexity index is 520. The molecule has 0 amide bonds. The maximum atomic E-state index is 11.5. The molecule has 1 N–H and O–H groups in total. The van der Waals surface area contributed by atoms with Crippen molar-refractivity contribution in [2.75, 3.05) is 5.32 Å². The predicted octanol–water partition coefficient (Wildman–Crippen LogP) is 1.35. The molecule has 0 saturated carbocycles. The van der Waals surface area contributed by atoms with E-state index < -0.39 is 10.0 Å². The molecule has 15 heavy (non-hydrogen) atoms. The summed E-state index contributed by atoms with van der Waals surface area (Å²) in [7, 11) is -3.54. The quantitative estimate of drug-likeness (QED) is 0.783. The highest BCUT2D eigenvalue weighted by Crippen LogP contribution is 2.27. The second-order valence-electron chi connectivity index (χ2n) is 3.61. The fraction of sp³-hybridized carbons (Fsp3) is 0.333. The first-order valence-electron chi connectivity index (χ1n) is 4.56. The molecule has 0 unspecified atom stereocenters. The minimum atomic E-state index is -3.54. The lowest BCUT2D eigenvalue weighted by molar-refractivity contribution is 0.597. The maximum absolute atomic E-state index is 11.5. The number of nitrogens with zero attached hydrogens (tertiary/aromatic N) is 2. The molecule has 5 nitrogen and oxygen atoms in total. The van der Waals surface area contributed by atoms with Gasteiger partial charge in [0.2, 0.25) is 0 Å². The molecule has 6 heteroatoms. The number of sulfonamides is 1. The number of nitrogens with one attached hydrogen (secondary N) is 1. The normalized spacial score (nSPS) is 17.3. The van der Waals surface area contributed by atoms with E-state index >= 15 is 0 Å². The van der Waals surface area contributed by atoms with Gasteiger partial charge in [-0.05, 0) is 12.0 Å². The zero-order valence-electron chi connectivity index (χ0n) is 8.43. The Balaban J connectivity index is 2.59. The Hall–Kier alpha value is -1.43. The van der Waals surface area contributed by atoms with Crippen molar-refractivity contribution in [3.8, 4) is 0 Å². The number of hydrogen-bond donors (Lipinski definition) is 1. The zero-order chi connectivity index (χ0) is 11.1. The van der Waals surface area contributed by atoms with E-state index in [0.717, 1.165) is 5.69 Å². The second-order valence-corrected chi connectivity index (χ2v) is 5.21. The largest absolute Gasteiger partial charge is 0.344 e. The minimum Gasteiger partial charge on any atom is -0.344 e. The average molecular weight is 225 g/mol. The first-order valence-corrected chi connectivity index (χ1v) is 6.00. The van der Waals surface area contributed by atoms with Crippen LogP contribution < -0.4 is 5.32 Å². The van der Waals surface area contributed by atoms with Crippen molar-refractivity contribution in [1.29, 1.82) is 0 Å². The van der Waals surface area contributed by atoms with Crippen molar-refractivity contribution in [1.82, 2.24) is 4.98 Å². The molecule has 0 radical (unpaired) electrons. The Morgan fingerprint density at radius 3 is 2.80 bits per heavy atom. The lowest BCUT2D eigenvalue weighted by atomic mass is 10.1. The lowest BCUT2D eigenvalue weighted by Crippen LogP contribution is -2.12. The van der Waals surface area contributed by atoms with Crippen LogP contribution in [-0.2, 0) is 10.0 Å². The van der Waals surface area contributed by atoms with Gasteiger partial charge in [0.1, 0.15) is 11.2 Å². The molecule has 0 saturated heterocycles. The van der Waals surface area contributed by atoms with E-state index in [0.29, 0.717) is 5.69 Å². The number of anilines is 1. The Kier molecular flexibility index (Phi) is 2.22. The van der Waals surface area contributed by atoms with Crippen LogP contribution in [0.5, 0.6) is 0 Å². The van der Waals surface area contributed by atoms with Crippen molar-refractivity contribution in [3.05, 3.63) is 18.0 Å². The number of hydrogen-bond acceptors (Lipinski definition) is 4. The van der Waals surface area contributed by atoms with E-state index in [4.69, 9.17) is 0 Å². The number of fused-ring (bicyclic) bond motifs is 1. The molecule has 0 aliphatic carbocycles. The molecule has 2 rings (SSSR count). The summed E-state index contributed by atoms with van der Waals surface area (Å²) in [5.74, 6) is 0.263. The standard InChI is InChI=1S/C9H11N3O2S/c1-6(2)7-3-8-9(4-10-7)15(13,14)12-5-11-8/h3-6H,1-2H3,(H,11,12). The van der Waals surface area contributed by atoms with E-state index in [9.17, 15) is 8.42 Å². The van der Waals surface area contributed by atoms with E-state index in [-0.39, 0.29) is 10.8 Å². The van der Waals surface area contributed by atoms with E-state index in [2.05, 4.69) is 14.7 Å². The summed E-state index contributed by atoms with van der Waals surface area (Å²) in [6, 6.07) is 1.74. The van der Waals surface area contributed by atoms with Crippen LogP contribution in [0, 0.1) is 0 Å². The zero-order valence-corrected chi connectivity index (χ0v) is 9.25. The van der Waals surface area contributed by atoms with Crippen LogP contribution in [0.3, 0.4) is 0 Å². The molecule has 1 aliphatic rings. The smallest absolute Gasteiger partial charge is 0.287 e. The maximum Gasteiger partial charge on any atom is 0.287 e. The Morgan fingerprint density at radius 2 is 2.13 bits per heavy atom. The summed E-state index contributed by atoms with van der Waals surface area (Å²) in [5.41, 5.74) is 1.40. The van der Waals surface area contributed by atoms with E-state index in [1.54, 1.807) is 6.07 Å². The third-order valence-electron chi connectivity index (χ3n) is 2.17. The van der Waals surface area contributed by atoms with Crippen LogP contribution in [0.4, 0.5) is 5.69 Å². The summed E-state index contributed by atoms with van der Waals surface area (Å²) in [6.07, 6.45) is 2.53. The van der Waals surface area contributed by atoms with Gasteiger partial charge in [-0.1, -0.05) is 13.8 Å². The summed E-state index contributed by atoms with van der Waals surface area (Å²) in [5, 5.41) is 2.80. The topological polar surface area (TPSA) is 71.4 Å². The van der Waals surface area contributed by atoms with Gasteiger partial charge in [-0.15, -0.1) is 4.40 Å². The van der Waals surface area contributed by atoms with Gasteiger partial charge < -0.3 is 5.32 Å². The van der Waals surface area contributed by atoms with Crippen LogP contribution in [0.15, 0.2) is 21.6 Å². The SMILES string of the molecule is CC(C)c1cc2c(cn1)S(=O)(=O)N=CN2. The van der Waals surface area contributed by atoms with Gasteiger partial charge in [-0.2, -0.15) is 8.42 Å². The Labute approximate surface area is 88.3 Å². The molecule has 1 aromatic heterocycles. The first-order chi connectivity index (χ1) is 7.00. The second kappa shape index (κ2) is 3.30. The highest BCUT2D eigenvalue weighted by Gasteiger charge is 2.21. The van der Waals surface area contributed by atoms with Crippen molar-refractivity contribution >= 4 is 22.0 Å². The van der Waals surface area contributed by atoms with Gasteiger partial charge >= 0.3 is 0 Å². The van der Waals surface area contributed by atoms with Gasteiger partial charge in [0.05, 0.1) is 5.69 Å². The summed E-state index contributed by atoms with van der Waals surface area (Å²) in [4.78, 5) is 4.23. The monoisotopic (exact) mass is 225 g/mol. The predicted molar refractivity (Wildman–Crippen MR) is 57.6 cm³/mol. The van der Waals surface area contributed by atoms with Crippen molar-refractivity contribution in [3.63, 3.8) is 0 Å². The number of rotatable bonds is 1. The van der Waals surface area contributed by atoms with Crippen molar-refractivity contribution in [2.45, 2.75) is 24.7 Å². The molecule has 80 valence electrons. The van der Waals surface area contributed by atoms with Gasteiger partial charge in [0.25, 0.3) is 10.0 Å². The van der Waals surface area contributed by atoms with Crippen molar-refractivity contribution < 1.29 is 8.42 Å². The van der Waals surface area contributed by atoms with Crippen LogP contribution in [0.25, 0.3) is 0 Å². The first kappa shape index (κ1) is 10.1. The fourth-order valence-electron chi connectivity index (χ4n) is 1.32. The third-order valence-corrected chi connectivity index (χ3v) is 3.43. The molecule has 0 atom stereocenters. The molecular weight excluding hydrogens is 214 g/mol. The van der Waals surface area contributed by atoms with Gasteiger partial charge in [-0.3, -0.25) is 4.98 Å². The minimum absolute atomic E-state index is 0.134. The molecular formula is C9H11N3O2S. The van der Waals surface area contributed by atoms with Gasteiger partial charge in [-0.25, -0.2) is 0 Å². The average Bonchev–Trinajstić information content (AvgIpc) is 2.16. The van der Waals surface area contributed by atoms with Crippen molar-refractivity contribution in [2.24, 2.45) is 4.40 Å².